The Morgan fingerprint density at radius 3 is 2.36 bits per heavy atom. The Kier molecular flexibility index (Phi) is 5.02. The number of aliphatic hydroxyl groups excluding tert-OH is 3. The summed E-state index contributed by atoms with van der Waals surface area (Å²) < 4.78 is 0. The third-order valence-corrected chi connectivity index (χ3v) is 1.71. The Hall–Kier alpha value is -0.450. The lowest BCUT2D eigenvalue weighted by Crippen LogP contribution is -2.31. The fourth-order valence-corrected chi connectivity index (χ4v) is 0.747. The van der Waals surface area contributed by atoms with E-state index < -0.39 is 18.1 Å². The van der Waals surface area contributed by atoms with Crippen LogP contribution in [0.2, 0.25) is 0 Å². The van der Waals surface area contributed by atoms with Gasteiger partial charge in [-0.2, -0.15) is 0 Å². The molecular weight excluding hydrogens is 148 g/mol. The van der Waals surface area contributed by atoms with Crippen molar-refractivity contribution in [1.82, 2.24) is 0 Å². The van der Waals surface area contributed by atoms with Crippen LogP contribution in [0.4, 0.5) is 0 Å². The van der Waals surface area contributed by atoms with Crippen LogP contribution in [0, 0.1) is 5.92 Å². The van der Waals surface area contributed by atoms with Gasteiger partial charge < -0.3 is 20.1 Å². The third kappa shape index (κ3) is 3.46. The Balaban J connectivity index is 3.79. The van der Waals surface area contributed by atoms with E-state index in [2.05, 4.69) is 0 Å². The molecule has 0 aliphatic carbocycles. The Morgan fingerprint density at radius 1 is 1.45 bits per heavy atom. The van der Waals surface area contributed by atoms with E-state index in [1.807, 2.05) is 0 Å². The lowest BCUT2D eigenvalue weighted by molar-refractivity contribution is -0.119. The topological polar surface area (TPSA) is 77.8 Å². The van der Waals surface area contributed by atoms with E-state index in [-0.39, 0.29) is 13.0 Å². The minimum Gasteiger partial charge on any atom is -0.396 e. The largest absolute Gasteiger partial charge is 0.396 e. The van der Waals surface area contributed by atoms with Crippen LogP contribution in [-0.4, -0.2) is 40.4 Å². The number of carbonyl (C=O) groups is 1. The van der Waals surface area contributed by atoms with Crippen molar-refractivity contribution in [3.05, 3.63) is 0 Å². The van der Waals surface area contributed by atoms with Gasteiger partial charge in [0.25, 0.3) is 0 Å². The highest BCUT2D eigenvalue weighted by Gasteiger charge is 2.20. The first kappa shape index (κ1) is 10.6. The molecule has 0 amide bonds. The van der Waals surface area contributed by atoms with Crippen molar-refractivity contribution < 1.29 is 20.1 Å². The average Bonchev–Trinajstić information content (AvgIpc) is 2.02. The van der Waals surface area contributed by atoms with Crippen LogP contribution in [-0.2, 0) is 4.79 Å². The maximum atomic E-state index is 10.0. The molecule has 0 saturated carbocycles. The van der Waals surface area contributed by atoms with E-state index in [0.717, 1.165) is 0 Å². The highest BCUT2D eigenvalue weighted by Crippen LogP contribution is 2.09. The lowest BCUT2D eigenvalue weighted by Gasteiger charge is -2.19. The monoisotopic (exact) mass is 162 g/mol. The van der Waals surface area contributed by atoms with Gasteiger partial charge in [0.1, 0.15) is 12.4 Å². The van der Waals surface area contributed by atoms with Crippen molar-refractivity contribution >= 4 is 6.29 Å². The van der Waals surface area contributed by atoms with Gasteiger partial charge in [-0.3, -0.25) is 0 Å². The normalized spacial score (nSPS) is 18.9. The number of aldehydes is 1. The minimum absolute atomic E-state index is 0.142. The molecule has 0 aliphatic heterocycles. The van der Waals surface area contributed by atoms with Crippen LogP contribution in [0.15, 0.2) is 0 Å². The van der Waals surface area contributed by atoms with Gasteiger partial charge in [-0.1, -0.05) is 6.92 Å². The zero-order chi connectivity index (χ0) is 8.85. The van der Waals surface area contributed by atoms with E-state index >= 15 is 0 Å². The van der Waals surface area contributed by atoms with Crippen LogP contribution in [0.25, 0.3) is 0 Å². The highest BCUT2D eigenvalue weighted by molar-refractivity contribution is 5.56. The fourth-order valence-electron chi connectivity index (χ4n) is 0.747. The number of hydrogen-bond donors (Lipinski definition) is 3. The van der Waals surface area contributed by atoms with Gasteiger partial charge in [-0.15, -0.1) is 0 Å². The van der Waals surface area contributed by atoms with Gasteiger partial charge in [-0.05, 0) is 6.42 Å². The lowest BCUT2D eigenvalue weighted by atomic mass is 9.97. The van der Waals surface area contributed by atoms with E-state index in [1.165, 1.54) is 0 Å². The highest BCUT2D eigenvalue weighted by atomic mass is 16.3. The van der Waals surface area contributed by atoms with Gasteiger partial charge >= 0.3 is 0 Å². The summed E-state index contributed by atoms with van der Waals surface area (Å²) in [5.41, 5.74) is 0. The molecule has 0 radical (unpaired) electrons. The second-order valence-corrected chi connectivity index (χ2v) is 2.57. The van der Waals surface area contributed by atoms with Crippen molar-refractivity contribution in [2.45, 2.75) is 25.6 Å². The molecule has 4 heteroatoms. The first-order chi connectivity index (χ1) is 5.13. The second kappa shape index (κ2) is 5.23. The number of hydrogen-bond acceptors (Lipinski definition) is 4. The smallest absolute Gasteiger partial charge is 0.148 e. The quantitative estimate of drug-likeness (QED) is 0.450. The Labute approximate surface area is 65.5 Å². The summed E-state index contributed by atoms with van der Waals surface area (Å²) in [6, 6.07) is 0. The van der Waals surface area contributed by atoms with Crippen molar-refractivity contribution in [2.75, 3.05) is 6.61 Å². The summed E-state index contributed by atoms with van der Waals surface area (Å²) in [6.45, 7) is 1.41. The molecule has 0 heterocycles. The second-order valence-electron chi connectivity index (χ2n) is 2.57. The Morgan fingerprint density at radius 2 is 2.00 bits per heavy atom. The summed E-state index contributed by atoms with van der Waals surface area (Å²) in [4.78, 5) is 10.0. The van der Waals surface area contributed by atoms with E-state index in [4.69, 9.17) is 15.3 Å². The van der Waals surface area contributed by atoms with Gasteiger partial charge in [0.05, 0.1) is 6.10 Å². The Bertz CT molecular complexity index is 115. The average molecular weight is 162 g/mol. The molecule has 0 saturated heterocycles. The van der Waals surface area contributed by atoms with E-state index in [9.17, 15) is 4.79 Å². The molecule has 3 atom stereocenters. The molecule has 0 spiro atoms. The number of aliphatic hydroxyl groups is 3. The maximum absolute atomic E-state index is 10.0. The van der Waals surface area contributed by atoms with Crippen molar-refractivity contribution in [3.63, 3.8) is 0 Å². The van der Waals surface area contributed by atoms with Gasteiger partial charge in [0.15, 0.2) is 0 Å². The molecule has 0 rings (SSSR count). The summed E-state index contributed by atoms with van der Waals surface area (Å²) in [5.74, 6) is -0.514. The van der Waals surface area contributed by atoms with Crippen molar-refractivity contribution in [3.8, 4) is 0 Å². The van der Waals surface area contributed by atoms with Crippen molar-refractivity contribution in [2.24, 2.45) is 5.92 Å². The summed E-state index contributed by atoms with van der Waals surface area (Å²) in [5, 5.41) is 26.5. The summed E-state index contributed by atoms with van der Waals surface area (Å²) in [7, 11) is 0. The van der Waals surface area contributed by atoms with E-state index in [0.29, 0.717) is 6.29 Å². The summed E-state index contributed by atoms with van der Waals surface area (Å²) in [6.07, 6.45) is -1.39. The number of rotatable bonds is 5. The maximum Gasteiger partial charge on any atom is 0.148 e. The number of carbonyl (C=O) groups excluding carboxylic acids is 1. The molecule has 0 bridgehead atoms. The molecule has 3 unspecified atom stereocenters. The van der Waals surface area contributed by atoms with Gasteiger partial charge in [0, 0.05) is 12.5 Å². The first-order valence-corrected chi connectivity index (χ1v) is 3.55. The fraction of sp³-hybridized carbons (Fsp3) is 0.857. The van der Waals surface area contributed by atoms with Gasteiger partial charge in [0.2, 0.25) is 0 Å². The molecule has 0 aromatic carbocycles. The zero-order valence-electron chi connectivity index (χ0n) is 6.47. The van der Waals surface area contributed by atoms with Crippen LogP contribution in [0.1, 0.15) is 13.3 Å². The predicted molar refractivity (Wildman–Crippen MR) is 38.9 cm³/mol. The van der Waals surface area contributed by atoms with Crippen LogP contribution < -0.4 is 0 Å². The van der Waals surface area contributed by atoms with E-state index in [1.54, 1.807) is 6.92 Å². The summed E-state index contributed by atoms with van der Waals surface area (Å²) >= 11 is 0. The molecule has 0 fully saturated rings. The molecule has 66 valence electrons. The SMILES string of the molecule is CC(C(O)C=O)C(O)CCO. The van der Waals surface area contributed by atoms with Crippen LogP contribution in [0.3, 0.4) is 0 Å². The van der Waals surface area contributed by atoms with Gasteiger partial charge in [-0.25, -0.2) is 0 Å². The van der Waals surface area contributed by atoms with Crippen LogP contribution >= 0.6 is 0 Å². The molecular formula is C7H14O4. The molecule has 0 aromatic rings. The predicted octanol–water partition coefficient (Wildman–Crippen LogP) is -1.07. The third-order valence-electron chi connectivity index (χ3n) is 1.71. The zero-order valence-corrected chi connectivity index (χ0v) is 6.47. The standard InChI is InChI=1S/C7H14O4/c1-5(7(11)4-9)6(10)2-3-8/h4-8,10-11H,2-3H2,1H3. The molecule has 0 aliphatic rings. The molecule has 3 N–H and O–H groups in total. The van der Waals surface area contributed by atoms with Crippen molar-refractivity contribution in [1.29, 1.82) is 0 Å². The first-order valence-electron chi connectivity index (χ1n) is 3.55. The molecule has 0 aromatic heterocycles. The minimum atomic E-state index is -1.14. The molecule has 4 nitrogen and oxygen atoms in total. The molecule has 11 heavy (non-hydrogen) atoms. The van der Waals surface area contributed by atoms with Crippen LogP contribution in [0.5, 0.6) is 0 Å².